The molecule has 0 fully saturated rings. The zero-order valence-corrected chi connectivity index (χ0v) is 8.63. The normalized spacial score (nSPS) is 9.94. The minimum atomic E-state index is -0.789. The molecule has 1 aromatic carbocycles. The molecule has 0 saturated carbocycles. The van der Waals surface area contributed by atoms with E-state index in [0.717, 1.165) is 6.07 Å². The Kier molecular flexibility index (Phi) is 2.95. The van der Waals surface area contributed by atoms with Crippen LogP contribution in [0.2, 0.25) is 0 Å². The van der Waals surface area contributed by atoms with Crippen LogP contribution in [0.25, 0.3) is 0 Å². The Balaban J connectivity index is 2.17. The molecule has 1 aromatic heterocycles. The molecule has 0 amide bonds. The number of nitrogen functional groups attached to an aromatic ring is 1. The second-order valence-electron chi connectivity index (χ2n) is 3.15. The van der Waals surface area contributed by atoms with Crippen LogP contribution in [-0.2, 0) is 0 Å². The maximum atomic E-state index is 12.8. The number of hydrogen-bond acceptors (Lipinski definition) is 5. The number of carbonyl (C=O) groups is 1. The number of carbonyl (C=O) groups excluding carboxylic acids is 1. The standard InChI is InChI=1S/C11H8FN3O2/c12-7-2-1-3-8(6-7)17-11(16)10-14-5-4-9(13)15-10/h1-6H,(H2,13,14,15). The highest BCUT2D eigenvalue weighted by atomic mass is 19.1. The Morgan fingerprint density at radius 3 is 2.88 bits per heavy atom. The van der Waals surface area contributed by atoms with E-state index in [1.54, 1.807) is 0 Å². The molecule has 0 saturated heterocycles. The Hall–Kier alpha value is -2.50. The van der Waals surface area contributed by atoms with E-state index in [0.29, 0.717) is 0 Å². The predicted molar refractivity (Wildman–Crippen MR) is 57.8 cm³/mol. The SMILES string of the molecule is Nc1ccnc(C(=O)Oc2cccc(F)c2)n1. The molecule has 0 spiro atoms. The van der Waals surface area contributed by atoms with Gasteiger partial charge in [0, 0.05) is 12.3 Å². The Morgan fingerprint density at radius 2 is 2.18 bits per heavy atom. The third kappa shape index (κ3) is 2.75. The number of nitrogens with zero attached hydrogens (tertiary/aromatic N) is 2. The zero-order valence-electron chi connectivity index (χ0n) is 8.63. The largest absolute Gasteiger partial charge is 0.421 e. The van der Waals surface area contributed by atoms with Gasteiger partial charge in [0.2, 0.25) is 5.82 Å². The molecule has 0 aliphatic carbocycles. The smallest absolute Gasteiger partial charge is 0.381 e. The number of halogens is 1. The van der Waals surface area contributed by atoms with Crippen LogP contribution < -0.4 is 10.5 Å². The van der Waals surface area contributed by atoms with Gasteiger partial charge in [-0.05, 0) is 18.2 Å². The van der Waals surface area contributed by atoms with Crippen LogP contribution >= 0.6 is 0 Å². The van der Waals surface area contributed by atoms with Crippen LogP contribution in [0.3, 0.4) is 0 Å². The lowest BCUT2D eigenvalue weighted by atomic mass is 10.3. The third-order valence-corrected chi connectivity index (χ3v) is 1.87. The fraction of sp³-hybridized carbons (Fsp3) is 0. The summed E-state index contributed by atoms with van der Waals surface area (Å²) in [6, 6.07) is 6.66. The molecule has 0 aliphatic heterocycles. The van der Waals surface area contributed by atoms with Gasteiger partial charge in [-0.25, -0.2) is 19.2 Å². The van der Waals surface area contributed by atoms with Crippen molar-refractivity contribution in [1.29, 1.82) is 0 Å². The summed E-state index contributed by atoms with van der Waals surface area (Å²) in [4.78, 5) is 18.9. The number of esters is 1. The molecule has 1 heterocycles. The molecule has 0 radical (unpaired) electrons. The molecular weight excluding hydrogens is 225 g/mol. The molecule has 0 bridgehead atoms. The summed E-state index contributed by atoms with van der Waals surface area (Å²) in [5.74, 6) is -1.21. The van der Waals surface area contributed by atoms with E-state index in [1.165, 1.54) is 30.5 Å². The predicted octanol–water partition coefficient (Wildman–Crippen LogP) is 1.42. The molecule has 2 N–H and O–H groups in total. The summed E-state index contributed by atoms with van der Waals surface area (Å²) in [7, 11) is 0. The van der Waals surface area contributed by atoms with Crippen LogP contribution in [-0.4, -0.2) is 15.9 Å². The fourth-order valence-corrected chi connectivity index (χ4v) is 1.15. The average Bonchev–Trinajstić information content (AvgIpc) is 2.29. The lowest BCUT2D eigenvalue weighted by Crippen LogP contribution is -2.13. The summed E-state index contributed by atoms with van der Waals surface area (Å²) in [6.45, 7) is 0. The number of nitrogens with two attached hydrogens (primary N) is 1. The van der Waals surface area contributed by atoms with Gasteiger partial charge in [0.1, 0.15) is 17.4 Å². The number of rotatable bonds is 2. The van der Waals surface area contributed by atoms with Crippen LogP contribution in [0.1, 0.15) is 10.6 Å². The summed E-state index contributed by atoms with van der Waals surface area (Å²) in [5, 5.41) is 0. The van der Waals surface area contributed by atoms with Crippen molar-refractivity contribution in [2.24, 2.45) is 0 Å². The Morgan fingerprint density at radius 1 is 1.35 bits per heavy atom. The topological polar surface area (TPSA) is 78.1 Å². The van der Waals surface area contributed by atoms with E-state index in [9.17, 15) is 9.18 Å². The molecule has 17 heavy (non-hydrogen) atoms. The monoisotopic (exact) mass is 233 g/mol. The van der Waals surface area contributed by atoms with Crippen molar-refractivity contribution < 1.29 is 13.9 Å². The third-order valence-electron chi connectivity index (χ3n) is 1.87. The van der Waals surface area contributed by atoms with Crippen molar-refractivity contribution in [3.05, 3.63) is 48.2 Å². The lowest BCUT2D eigenvalue weighted by molar-refractivity contribution is 0.0721. The quantitative estimate of drug-likeness (QED) is 0.626. The summed E-state index contributed by atoms with van der Waals surface area (Å²) >= 11 is 0. The summed E-state index contributed by atoms with van der Waals surface area (Å²) in [5.41, 5.74) is 5.40. The van der Waals surface area contributed by atoms with Gasteiger partial charge in [-0.3, -0.25) is 0 Å². The van der Waals surface area contributed by atoms with Crippen molar-refractivity contribution in [3.63, 3.8) is 0 Å². The first-order valence-electron chi connectivity index (χ1n) is 4.71. The van der Waals surface area contributed by atoms with E-state index >= 15 is 0 Å². The van der Waals surface area contributed by atoms with E-state index in [1.807, 2.05) is 0 Å². The molecule has 0 atom stereocenters. The number of anilines is 1. The molecule has 86 valence electrons. The molecule has 2 aromatic rings. The maximum Gasteiger partial charge on any atom is 0.381 e. The van der Waals surface area contributed by atoms with Gasteiger partial charge in [-0.15, -0.1) is 0 Å². The van der Waals surface area contributed by atoms with Gasteiger partial charge in [-0.1, -0.05) is 6.07 Å². The molecule has 6 heteroatoms. The second kappa shape index (κ2) is 4.56. The van der Waals surface area contributed by atoms with Crippen molar-refractivity contribution >= 4 is 11.8 Å². The maximum absolute atomic E-state index is 12.8. The highest BCUT2D eigenvalue weighted by Gasteiger charge is 2.12. The Bertz CT molecular complexity index is 560. The van der Waals surface area contributed by atoms with E-state index < -0.39 is 11.8 Å². The summed E-state index contributed by atoms with van der Waals surface area (Å²) < 4.78 is 17.7. The zero-order chi connectivity index (χ0) is 12.3. The number of aromatic nitrogens is 2. The number of hydrogen-bond donors (Lipinski definition) is 1. The number of ether oxygens (including phenoxy) is 1. The van der Waals surface area contributed by atoms with Crippen molar-refractivity contribution in [2.45, 2.75) is 0 Å². The first-order valence-corrected chi connectivity index (χ1v) is 4.71. The highest BCUT2D eigenvalue weighted by Crippen LogP contribution is 2.13. The van der Waals surface area contributed by atoms with Gasteiger partial charge < -0.3 is 10.5 Å². The molecule has 5 nitrogen and oxygen atoms in total. The number of benzene rings is 1. The molecule has 0 unspecified atom stereocenters. The van der Waals surface area contributed by atoms with Crippen LogP contribution in [0.4, 0.5) is 10.2 Å². The minimum absolute atomic E-state index is 0.0843. The van der Waals surface area contributed by atoms with Gasteiger partial charge in [0.15, 0.2) is 0 Å². The van der Waals surface area contributed by atoms with E-state index in [-0.39, 0.29) is 17.4 Å². The van der Waals surface area contributed by atoms with Crippen LogP contribution in [0.15, 0.2) is 36.5 Å². The first-order chi connectivity index (χ1) is 8.15. The van der Waals surface area contributed by atoms with Gasteiger partial charge in [-0.2, -0.15) is 0 Å². The summed E-state index contributed by atoms with van der Waals surface area (Å²) in [6.07, 6.45) is 1.34. The van der Waals surface area contributed by atoms with Crippen molar-refractivity contribution in [1.82, 2.24) is 9.97 Å². The molecule has 0 aliphatic rings. The van der Waals surface area contributed by atoms with Gasteiger partial charge >= 0.3 is 5.97 Å². The average molecular weight is 233 g/mol. The fourth-order valence-electron chi connectivity index (χ4n) is 1.15. The highest BCUT2D eigenvalue weighted by molar-refractivity contribution is 5.87. The second-order valence-corrected chi connectivity index (χ2v) is 3.15. The van der Waals surface area contributed by atoms with Crippen molar-refractivity contribution in [3.8, 4) is 5.75 Å². The van der Waals surface area contributed by atoms with Crippen LogP contribution in [0, 0.1) is 5.82 Å². The van der Waals surface area contributed by atoms with Crippen LogP contribution in [0.5, 0.6) is 5.75 Å². The first kappa shape index (κ1) is 11.0. The minimum Gasteiger partial charge on any atom is -0.421 e. The molecule has 2 rings (SSSR count). The van der Waals surface area contributed by atoms with Crippen molar-refractivity contribution in [2.75, 3.05) is 5.73 Å². The Labute approximate surface area is 96.1 Å². The van der Waals surface area contributed by atoms with Gasteiger partial charge in [0.25, 0.3) is 0 Å². The van der Waals surface area contributed by atoms with Gasteiger partial charge in [0.05, 0.1) is 0 Å². The lowest BCUT2D eigenvalue weighted by Gasteiger charge is -2.03. The van der Waals surface area contributed by atoms with E-state index in [4.69, 9.17) is 10.5 Å². The van der Waals surface area contributed by atoms with E-state index in [2.05, 4.69) is 9.97 Å². The molecular formula is C11H8FN3O2.